The number of halogens is 1. The van der Waals surface area contributed by atoms with E-state index in [-0.39, 0.29) is 35.4 Å². The second kappa shape index (κ2) is 11.3. The van der Waals surface area contributed by atoms with Crippen molar-refractivity contribution >= 4 is 35.8 Å². The number of aliphatic imine (C=N–C) groups is 1. The van der Waals surface area contributed by atoms with Crippen molar-refractivity contribution in [3.63, 3.8) is 0 Å². The van der Waals surface area contributed by atoms with E-state index in [0.717, 1.165) is 18.1 Å². The first kappa shape index (κ1) is 23.6. The first-order valence-electron chi connectivity index (χ1n) is 8.22. The quantitative estimate of drug-likeness (QED) is 0.345. The number of nitrogens with zero attached hydrogens (tertiary/aromatic N) is 2. The van der Waals surface area contributed by atoms with Gasteiger partial charge in [-0.3, -0.25) is 9.79 Å². The molecule has 3 N–H and O–H groups in total. The number of benzene rings is 1. The average molecular weight is 461 g/mol. The molecule has 0 unspecified atom stereocenters. The van der Waals surface area contributed by atoms with Crippen molar-refractivity contribution < 1.29 is 4.79 Å². The Hall–Kier alpha value is -1.35. The predicted octanol–water partition coefficient (Wildman–Crippen LogP) is 2.06. The van der Waals surface area contributed by atoms with E-state index in [0.29, 0.717) is 18.7 Å². The Bertz CT molecular complexity index is 567. The fraction of sp³-hybridized carbons (Fsp3) is 0.556. The highest BCUT2D eigenvalue weighted by Gasteiger charge is 2.12. The first-order chi connectivity index (χ1) is 11.2. The third kappa shape index (κ3) is 10.3. The number of hydrogen-bond acceptors (Lipinski definition) is 3. The van der Waals surface area contributed by atoms with E-state index in [9.17, 15) is 4.79 Å². The van der Waals surface area contributed by atoms with E-state index in [2.05, 4.69) is 41.7 Å². The summed E-state index contributed by atoms with van der Waals surface area (Å²) in [4.78, 5) is 18.4. The lowest BCUT2D eigenvalue weighted by Gasteiger charge is -2.23. The molecule has 142 valence electrons. The molecule has 0 radical (unpaired) electrons. The van der Waals surface area contributed by atoms with Crippen molar-refractivity contribution in [1.82, 2.24) is 20.9 Å². The molecule has 1 rings (SSSR count). The highest BCUT2D eigenvalue weighted by atomic mass is 127. The number of carbonyl (C=O) groups is 1. The summed E-state index contributed by atoms with van der Waals surface area (Å²) in [6, 6.07) is 7.63. The molecule has 0 fully saturated rings. The number of amides is 1. The smallest absolute Gasteiger partial charge is 0.251 e. The van der Waals surface area contributed by atoms with Gasteiger partial charge in [0.25, 0.3) is 5.91 Å². The topological polar surface area (TPSA) is 68.8 Å². The molecule has 1 aromatic rings. The zero-order valence-electron chi connectivity index (χ0n) is 16.1. The second-order valence-corrected chi connectivity index (χ2v) is 7.06. The van der Waals surface area contributed by atoms with Crippen LogP contribution in [0, 0.1) is 0 Å². The monoisotopic (exact) mass is 461 g/mol. The predicted molar refractivity (Wildman–Crippen MR) is 116 cm³/mol. The summed E-state index contributed by atoms with van der Waals surface area (Å²) in [7, 11) is 5.71. The van der Waals surface area contributed by atoms with Gasteiger partial charge in [0.05, 0.1) is 0 Å². The molecule has 0 heterocycles. The highest BCUT2D eigenvalue weighted by Crippen LogP contribution is 2.05. The van der Waals surface area contributed by atoms with Crippen LogP contribution in [0.1, 0.15) is 36.7 Å². The van der Waals surface area contributed by atoms with Crippen molar-refractivity contribution in [2.75, 3.05) is 34.2 Å². The van der Waals surface area contributed by atoms with Gasteiger partial charge in [0.1, 0.15) is 0 Å². The van der Waals surface area contributed by atoms with Crippen LogP contribution in [0.15, 0.2) is 29.3 Å². The molecule has 0 aliphatic rings. The number of rotatable bonds is 6. The summed E-state index contributed by atoms with van der Waals surface area (Å²) in [5.41, 5.74) is 1.65. The summed E-state index contributed by atoms with van der Waals surface area (Å²) in [6.45, 7) is 8.31. The minimum absolute atomic E-state index is 0. The van der Waals surface area contributed by atoms with E-state index >= 15 is 0 Å². The Morgan fingerprint density at radius 1 is 1.20 bits per heavy atom. The minimum Gasteiger partial charge on any atom is -0.352 e. The zero-order valence-corrected chi connectivity index (χ0v) is 18.5. The fourth-order valence-electron chi connectivity index (χ4n) is 2.04. The van der Waals surface area contributed by atoms with Gasteiger partial charge in [-0.25, -0.2) is 0 Å². The van der Waals surface area contributed by atoms with Gasteiger partial charge in [-0.1, -0.05) is 12.1 Å². The summed E-state index contributed by atoms with van der Waals surface area (Å²) < 4.78 is 0. The van der Waals surface area contributed by atoms with Gasteiger partial charge < -0.3 is 20.9 Å². The lowest BCUT2D eigenvalue weighted by Crippen LogP contribution is -2.47. The molecule has 1 amide bonds. The van der Waals surface area contributed by atoms with E-state index < -0.39 is 0 Å². The summed E-state index contributed by atoms with van der Waals surface area (Å²) in [5, 5.41) is 9.50. The standard InChI is InChI=1S/C18H31N5O.HI/c1-18(2,3)22-17(19-4)21-13-14-8-7-9-15(12-14)16(24)20-10-11-23(5)6;/h7-9,12H,10-11,13H2,1-6H3,(H,20,24)(H2,19,21,22);1H. The maximum Gasteiger partial charge on any atom is 0.251 e. The third-order valence-corrected chi connectivity index (χ3v) is 3.21. The molecular formula is C18H32IN5O. The molecule has 0 aliphatic heterocycles. The van der Waals surface area contributed by atoms with E-state index in [1.54, 1.807) is 7.05 Å². The van der Waals surface area contributed by atoms with Crippen LogP contribution in [0.25, 0.3) is 0 Å². The van der Waals surface area contributed by atoms with Gasteiger partial charge in [0, 0.05) is 37.8 Å². The molecule has 0 aromatic heterocycles. The highest BCUT2D eigenvalue weighted by molar-refractivity contribution is 14.0. The normalized spacial score (nSPS) is 11.7. The molecular weight excluding hydrogens is 429 g/mol. The molecule has 1 aromatic carbocycles. The van der Waals surface area contributed by atoms with Crippen LogP contribution in [0.5, 0.6) is 0 Å². The largest absolute Gasteiger partial charge is 0.352 e. The zero-order chi connectivity index (χ0) is 18.2. The molecule has 0 atom stereocenters. The van der Waals surface area contributed by atoms with Crippen molar-refractivity contribution in [1.29, 1.82) is 0 Å². The number of hydrogen-bond donors (Lipinski definition) is 3. The number of likely N-dealkylation sites (N-methyl/N-ethyl adjacent to an activating group) is 1. The molecule has 7 heteroatoms. The van der Waals surface area contributed by atoms with E-state index in [1.807, 2.05) is 43.3 Å². The average Bonchev–Trinajstić information content (AvgIpc) is 2.50. The lowest BCUT2D eigenvalue weighted by molar-refractivity contribution is 0.0951. The Labute approximate surface area is 168 Å². The molecule has 25 heavy (non-hydrogen) atoms. The summed E-state index contributed by atoms with van der Waals surface area (Å²) in [6.07, 6.45) is 0. The van der Waals surface area contributed by atoms with Crippen molar-refractivity contribution in [2.45, 2.75) is 32.9 Å². The number of nitrogens with one attached hydrogen (secondary N) is 3. The molecule has 0 aliphatic carbocycles. The van der Waals surface area contributed by atoms with Crippen molar-refractivity contribution in [3.05, 3.63) is 35.4 Å². The van der Waals surface area contributed by atoms with Crippen molar-refractivity contribution in [2.24, 2.45) is 4.99 Å². The summed E-state index contributed by atoms with van der Waals surface area (Å²) >= 11 is 0. The van der Waals surface area contributed by atoms with Crippen molar-refractivity contribution in [3.8, 4) is 0 Å². The van der Waals surface area contributed by atoms with Crippen LogP contribution in [0.3, 0.4) is 0 Å². The van der Waals surface area contributed by atoms with E-state index in [4.69, 9.17) is 0 Å². The Kier molecular flexibility index (Phi) is 10.7. The number of carbonyl (C=O) groups excluding carboxylic acids is 1. The van der Waals surface area contributed by atoms with Gasteiger partial charge in [-0.15, -0.1) is 24.0 Å². The maximum atomic E-state index is 12.2. The molecule has 0 saturated heterocycles. The van der Waals surface area contributed by atoms with Gasteiger partial charge in [-0.05, 0) is 52.6 Å². The van der Waals surface area contributed by atoms with Gasteiger partial charge in [0.15, 0.2) is 5.96 Å². The summed E-state index contributed by atoms with van der Waals surface area (Å²) in [5.74, 6) is 0.694. The van der Waals surface area contributed by atoms with Gasteiger partial charge in [-0.2, -0.15) is 0 Å². The minimum atomic E-state index is -0.0595. The van der Waals surface area contributed by atoms with E-state index in [1.165, 1.54) is 0 Å². The molecule has 0 saturated carbocycles. The van der Waals surface area contributed by atoms with Gasteiger partial charge >= 0.3 is 0 Å². The fourth-order valence-corrected chi connectivity index (χ4v) is 2.04. The Balaban J connectivity index is 0.00000576. The SMILES string of the molecule is CN=C(NCc1cccc(C(=O)NCCN(C)C)c1)NC(C)(C)C.I. The first-order valence-corrected chi connectivity index (χ1v) is 8.22. The second-order valence-electron chi connectivity index (χ2n) is 7.06. The number of guanidine groups is 1. The van der Waals surface area contributed by atoms with Crippen LogP contribution in [0.4, 0.5) is 0 Å². The maximum absolute atomic E-state index is 12.2. The third-order valence-electron chi connectivity index (χ3n) is 3.21. The van der Waals surface area contributed by atoms with Crippen LogP contribution in [-0.2, 0) is 6.54 Å². The van der Waals surface area contributed by atoms with Crippen LogP contribution >= 0.6 is 24.0 Å². The molecule has 0 bridgehead atoms. The molecule has 6 nitrogen and oxygen atoms in total. The Morgan fingerprint density at radius 3 is 2.44 bits per heavy atom. The van der Waals surface area contributed by atoms with Crippen LogP contribution in [0.2, 0.25) is 0 Å². The van der Waals surface area contributed by atoms with Crippen LogP contribution in [-0.4, -0.2) is 56.5 Å². The lowest BCUT2D eigenvalue weighted by atomic mass is 10.1. The van der Waals surface area contributed by atoms with Gasteiger partial charge in [0.2, 0.25) is 0 Å². The molecule has 0 spiro atoms. The Morgan fingerprint density at radius 2 is 1.88 bits per heavy atom. The van der Waals surface area contributed by atoms with Crippen LogP contribution < -0.4 is 16.0 Å².